The molecule has 3 N–H and O–H groups in total. The summed E-state index contributed by atoms with van der Waals surface area (Å²) >= 11 is 0. The lowest BCUT2D eigenvalue weighted by molar-refractivity contribution is -0.118. The topological polar surface area (TPSA) is 64.3 Å². The zero-order chi connectivity index (χ0) is 16.3. The van der Waals surface area contributed by atoms with Crippen LogP contribution >= 0.6 is 0 Å². The first-order valence-corrected chi connectivity index (χ1v) is 7.23. The van der Waals surface area contributed by atoms with Gasteiger partial charge in [-0.25, -0.2) is 0 Å². The number of benzene rings is 2. The summed E-state index contributed by atoms with van der Waals surface area (Å²) < 4.78 is 5.58. The van der Waals surface area contributed by atoms with Gasteiger partial charge in [-0.05, 0) is 56.5 Å². The van der Waals surface area contributed by atoms with Crippen molar-refractivity contribution >= 4 is 17.3 Å². The first-order valence-electron chi connectivity index (χ1n) is 7.23. The second-order valence-electron chi connectivity index (χ2n) is 5.65. The predicted molar refractivity (Wildman–Crippen MR) is 90.4 cm³/mol. The molecule has 0 aromatic heterocycles. The standard InChI is InChI=1S/C18H22N2O2/c1-11-5-6-16(13(3)7-11)22-10-17(21)20-18-14(4)8-12(2)9-15(18)19/h5-9H,10,19H2,1-4H3,(H,20,21). The van der Waals surface area contributed by atoms with Crippen molar-refractivity contribution in [3.8, 4) is 5.75 Å². The minimum Gasteiger partial charge on any atom is -0.483 e. The molecule has 0 saturated heterocycles. The van der Waals surface area contributed by atoms with Gasteiger partial charge in [-0.1, -0.05) is 23.8 Å². The zero-order valence-corrected chi connectivity index (χ0v) is 13.5. The minimum absolute atomic E-state index is 0.0450. The van der Waals surface area contributed by atoms with E-state index in [9.17, 15) is 4.79 Å². The Morgan fingerprint density at radius 2 is 1.73 bits per heavy atom. The van der Waals surface area contributed by atoms with E-state index < -0.39 is 0 Å². The van der Waals surface area contributed by atoms with Crippen molar-refractivity contribution < 1.29 is 9.53 Å². The van der Waals surface area contributed by atoms with Crippen molar-refractivity contribution in [2.24, 2.45) is 0 Å². The Bertz CT molecular complexity index is 685. The number of hydrogen-bond donors (Lipinski definition) is 2. The van der Waals surface area contributed by atoms with Gasteiger partial charge in [-0.3, -0.25) is 4.79 Å². The summed E-state index contributed by atoms with van der Waals surface area (Å²) in [5.74, 6) is 0.493. The summed E-state index contributed by atoms with van der Waals surface area (Å²) in [7, 11) is 0. The quantitative estimate of drug-likeness (QED) is 0.849. The fourth-order valence-electron chi connectivity index (χ4n) is 2.45. The molecule has 0 atom stereocenters. The summed E-state index contributed by atoms with van der Waals surface area (Å²) in [5, 5.41) is 2.82. The molecular formula is C18H22N2O2. The SMILES string of the molecule is Cc1ccc(OCC(=O)Nc2c(C)cc(C)cc2N)c(C)c1. The summed E-state index contributed by atoms with van der Waals surface area (Å²) in [6.45, 7) is 7.83. The third-order valence-corrected chi connectivity index (χ3v) is 3.46. The van der Waals surface area contributed by atoms with E-state index in [0.29, 0.717) is 17.1 Å². The van der Waals surface area contributed by atoms with Gasteiger partial charge in [0.05, 0.1) is 11.4 Å². The summed E-state index contributed by atoms with van der Waals surface area (Å²) in [5.41, 5.74) is 11.4. The van der Waals surface area contributed by atoms with Gasteiger partial charge < -0.3 is 15.8 Å². The maximum Gasteiger partial charge on any atom is 0.262 e. The predicted octanol–water partition coefficient (Wildman–Crippen LogP) is 3.52. The molecule has 4 heteroatoms. The van der Waals surface area contributed by atoms with E-state index in [1.54, 1.807) is 0 Å². The maximum absolute atomic E-state index is 12.1. The summed E-state index contributed by atoms with van der Waals surface area (Å²) in [6, 6.07) is 9.69. The highest BCUT2D eigenvalue weighted by atomic mass is 16.5. The Balaban J connectivity index is 2.02. The molecule has 0 unspecified atom stereocenters. The molecular weight excluding hydrogens is 276 g/mol. The molecule has 1 amide bonds. The van der Waals surface area contributed by atoms with Gasteiger partial charge in [-0.15, -0.1) is 0 Å². The fourth-order valence-corrected chi connectivity index (χ4v) is 2.45. The Labute approximate surface area is 131 Å². The molecule has 0 bridgehead atoms. The number of hydrogen-bond acceptors (Lipinski definition) is 3. The second-order valence-corrected chi connectivity index (χ2v) is 5.65. The van der Waals surface area contributed by atoms with Crippen molar-refractivity contribution in [2.75, 3.05) is 17.7 Å². The lowest BCUT2D eigenvalue weighted by Crippen LogP contribution is -2.21. The lowest BCUT2D eigenvalue weighted by Gasteiger charge is -2.13. The number of rotatable bonds is 4. The van der Waals surface area contributed by atoms with Gasteiger partial charge in [0.25, 0.3) is 5.91 Å². The van der Waals surface area contributed by atoms with Crippen molar-refractivity contribution in [2.45, 2.75) is 27.7 Å². The van der Waals surface area contributed by atoms with Gasteiger partial charge >= 0.3 is 0 Å². The van der Waals surface area contributed by atoms with E-state index in [2.05, 4.69) is 5.32 Å². The van der Waals surface area contributed by atoms with Crippen LogP contribution in [0.15, 0.2) is 30.3 Å². The molecule has 0 spiro atoms. The van der Waals surface area contributed by atoms with Crippen molar-refractivity contribution in [1.82, 2.24) is 0 Å². The van der Waals surface area contributed by atoms with E-state index in [1.165, 1.54) is 0 Å². The van der Waals surface area contributed by atoms with Gasteiger partial charge in [-0.2, -0.15) is 0 Å². The van der Waals surface area contributed by atoms with E-state index in [0.717, 1.165) is 22.3 Å². The number of nitrogens with two attached hydrogens (primary N) is 1. The third-order valence-electron chi connectivity index (χ3n) is 3.46. The molecule has 116 valence electrons. The molecule has 0 saturated carbocycles. The Hall–Kier alpha value is -2.49. The van der Waals surface area contributed by atoms with E-state index in [4.69, 9.17) is 10.5 Å². The van der Waals surface area contributed by atoms with Gasteiger partial charge in [0, 0.05) is 0 Å². The Morgan fingerprint density at radius 1 is 1.05 bits per heavy atom. The molecule has 2 aromatic rings. The number of ether oxygens (including phenoxy) is 1. The molecule has 0 radical (unpaired) electrons. The monoisotopic (exact) mass is 298 g/mol. The Morgan fingerprint density at radius 3 is 2.36 bits per heavy atom. The third kappa shape index (κ3) is 3.79. The van der Waals surface area contributed by atoms with Gasteiger partial charge in [0.1, 0.15) is 5.75 Å². The Kier molecular flexibility index (Phi) is 4.71. The van der Waals surface area contributed by atoms with Gasteiger partial charge in [0.2, 0.25) is 0 Å². The molecule has 0 fully saturated rings. The smallest absolute Gasteiger partial charge is 0.262 e. The minimum atomic E-state index is -0.223. The fraction of sp³-hybridized carbons (Fsp3) is 0.278. The molecule has 2 aromatic carbocycles. The number of nitrogen functional groups attached to an aromatic ring is 1. The highest BCUT2D eigenvalue weighted by Gasteiger charge is 2.10. The molecule has 0 aliphatic rings. The van der Waals surface area contributed by atoms with Crippen LogP contribution < -0.4 is 15.8 Å². The highest BCUT2D eigenvalue weighted by molar-refractivity contribution is 5.95. The first kappa shape index (κ1) is 15.9. The van der Waals surface area contributed by atoms with Gasteiger partial charge in [0.15, 0.2) is 6.61 Å². The van der Waals surface area contributed by atoms with Crippen LogP contribution in [0.3, 0.4) is 0 Å². The summed E-state index contributed by atoms with van der Waals surface area (Å²) in [6.07, 6.45) is 0. The van der Waals surface area contributed by atoms with Crippen LogP contribution in [0.4, 0.5) is 11.4 Å². The number of nitrogens with one attached hydrogen (secondary N) is 1. The number of amides is 1. The number of aryl methyl sites for hydroxylation is 4. The van der Waals surface area contributed by atoms with E-state index in [1.807, 2.05) is 58.0 Å². The first-order chi connectivity index (χ1) is 10.4. The van der Waals surface area contributed by atoms with Crippen molar-refractivity contribution in [3.05, 3.63) is 52.6 Å². The van der Waals surface area contributed by atoms with Crippen molar-refractivity contribution in [1.29, 1.82) is 0 Å². The maximum atomic E-state index is 12.1. The average Bonchev–Trinajstić information content (AvgIpc) is 2.42. The highest BCUT2D eigenvalue weighted by Crippen LogP contribution is 2.25. The van der Waals surface area contributed by atoms with Crippen LogP contribution in [-0.4, -0.2) is 12.5 Å². The van der Waals surface area contributed by atoms with Crippen LogP contribution in [0.5, 0.6) is 5.75 Å². The molecule has 0 aliphatic heterocycles. The average molecular weight is 298 g/mol. The molecule has 2 rings (SSSR count). The molecule has 4 nitrogen and oxygen atoms in total. The van der Waals surface area contributed by atoms with Crippen LogP contribution in [0.2, 0.25) is 0 Å². The largest absolute Gasteiger partial charge is 0.483 e. The molecule has 0 heterocycles. The van der Waals surface area contributed by atoms with E-state index in [-0.39, 0.29) is 12.5 Å². The zero-order valence-electron chi connectivity index (χ0n) is 13.5. The second kappa shape index (κ2) is 6.52. The van der Waals surface area contributed by atoms with Crippen LogP contribution in [0, 0.1) is 27.7 Å². The number of carbonyl (C=O) groups excluding carboxylic acids is 1. The number of anilines is 2. The van der Waals surface area contributed by atoms with E-state index >= 15 is 0 Å². The molecule has 0 aliphatic carbocycles. The lowest BCUT2D eigenvalue weighted by atomic mass is 10.1. The summed E-state index contributed by atoms with van der Waals surface area (Å²) in [4.78, 5) is 12.1. The van der Waals surface area contributed by atoms with Crippen LogP contribution in [0.25, 0.3) is 0 Å². The van der Waals surface area contributed by atoms with Crippen LogP contribution in [0.1, 0.15) is 22.3 Å². The van der Waals surface area contributed by atoms with Crippen LogP contribution in [-0.2, 0) is 4.79 Å². The van der Waals surface area contributed by atoms with Crippen molar-refractivity contribution in [3.63, 3.8) is 0 Å². The number of carbonyl (C=O) groups is 1. The normalized spacial score (nSPS) is 10.4. The molecule has 22 heavy (non-hydrogen) atoms.